The van der Waals surface area contributed by atoms with E-state index < -0.39 is 5.97 Å². The molecule has 4 nitrogen and oxygen atoms in total. The molecule has 0 saturated heterocycles. The number of carbonyl (C=O) groups excluding carboxylic acids is 1. The zero-order valence-electron chi connectivity index (χ0n) is 6.95. The van der Waals surface area contributed by atoms with Crippen molar-refractivity contribution in [1.29, 1.82) is 0 Å². The fraction of sp³-hybridized carbons (Fsp3) is 0.750. The van der Waals surface area contributed by atoms with Crippen molar-refractivity contribution in [1.82, 2.24) is 0 Å². The molecule has 12 heavy (non-hydrogen) atoms. The molecule has 1 saturated carbocycles. The molecule has 0 heterocycles. The number of esters is 1. The molecule has 1 aliphatic carbocycles. The summed E-state index contributed by atoms with van der Waals surface area (Å²) in [4.78, 5) is 21.1. The molecule has 0 aliphatic heterocycles. The molecule has 68 valence electrons. The Labute approximate surface area is 70.5 Å². The van der Waals surface area contributed by atoms with Gasteiger partial charge in [-0.25, -0.2) is 0 Å². The number of carboxylic acid groups (broad SMARTS) is 1. The maximum Gasteiger partial charge on any atom is 0.306 e. The summed E-state index contributed by atoms with van der Waals surface area (Å²) in [5, 5.41) is 8.50. The summed E-state index contributed by atoms with van der Waals surface area (Å²) in [6.07, 6.45) is 1.15. The van der Waals surface area contributed by atoms with Crippen molar-refractivity contribution in [2.24, 2.45) is 5.92 Å². The van der Waals surface area contributed by atoms with Crippen LogP contribution in [0.1, 0.15) is 26.2 Å². The number of carboxylic acids is 1. The summed E-state index contributed by atoms with van der Waals surface area (Å²) in [5.74, 6) is -1.35. The quantitative estimate of drug-likeness (QED) is 0.639. The van der Waals surface area contributed by atoms with Gasteiger partial charge in [0.15, 0.2) is 0 Å². The van der Waals surface area contributed by atoms with E-state index in [-0.39, 0.29) is 18.0 Å². The zero-order chi connectivity index (χ0) is 9.14. The topological polar surface area (TPSA) is 63.6 Å². The Morgan fingerprint density at radius 1 is 1.50 bits per heavy atom. The Morgan fingerprint density at radius 2 is 2.08 bits per heavy atom. The van der Waals surface area contributed by atoms with Crippen molar-refractivity contribution < 1.29 is 19.4 Å². The summed E-state index contributed by atoms with van der Waals surface area (Å²) in [7, 11) is 0. The largest absolute Gasteiger partial charge is 0.481 e. The van der Waals surface area contributed by atoms with Gasteiger partial charge in [0.05, 0.1) is 5.92 Å². The van der Waals surface area contributed by atoms with Crippen molar-refractivity contribution in [3.63, 3.8) is 0 Å². The van der Waals surface area contributed by atoms with Crippen LogP contribution in [0, 0.1) is 5.92 Å². The molecular formula is C8H12O4. The first-order valence-corrected chi connectivity index (χ1v) is 4.05. The van der Waals surface area contributed by atoms with Gasteiger partial charge in [-0.05, 0) is 12.8 Å². The molecule has 0 aromatic rings. The van der Waals surface area contributed by atoms with Crippen LogP contribution in [-0.4, -0.2) is 23.1 Å². The minimum atomic E-state index is -0.793. The zero-order valence-corrected chi connectivity index (χ0v) is 6.95. The second-order valence-corrected chi connectivity index (χ2v) is 2.97. The van der Waals surface area contributed by atoms with Gasteiger partial charge < -0.3 is 9.84 Å². The highest BCUT2D eigenvalue weighted by Crippen LogP contribution is 2.30. The molecule has 0 spiro atoms. The second kappa shape index (κ2) is 3.56. The van der Waals surface area contributed by atoms with Crippen LogP contribution < -0.4 is 0 Å². The van der Waals surface area contributed by atoms with E-state index in [1.807, 2.05) is 0 Å². The highest BCUT2D eigenvalue weighted by Gasteiger charge is 2.36. The van der Waals surface area contributed by atoms with Crippen LogP contribution in [0.5, 0.6) is 0 Å². The van der Waals surface area contributed by atoms with Gasteiger partial charge in [-0.2, -0.15) is 0 Å². The Hall–Kier alpha value is -1.06. The van der Waals surface area contributed by atoms with Gasteiger partial charge >= 0.3 is 11.9 Å². The van der Waals surface area contributed by atoms with Gasteiger partial charge in [0.1, 0.15) is 6.10 Å². The van der Waals surface area contributed by atoms with Crippen molar-refractivity contribution in [3.8, 4) is 0 Å². The minimum Gasteiger partial charge on any atom is -0.481 e. The summed E-state index contributed by atoms with van der Waals surface area (Å²) in [6, 6.07) is 0. The molecule has 0 bridgehead atoms. The predicted molar refractivity (Wildman–Crippen MR) is 40.5 cm³/mol. The van der Waals surface area contributed by atoms with E-state index in [2.05, 4.69) is 0 Å². The van der Waals surface area contributed by atoms with Gasteiger partial charge in [0, 0.05) is 6.42 Å². The number of aliphatic carboxylic acids is 1. The Kier molecular flexibility index (Phi) is 2.68. The third-order valence-electron chi connectivity index (χ3n) is 2.03. The van der Waals surface area contributed by atoms with Crippen LogP contribution in [0.15, 0.2) is 0 Å². The molecule has 1 rings (SSSR count). The van der Waals surface area contributed by atoms with E-state index in [4.69, 9.17) is 9.84 Å². The van der Waals surface area contributed by atoms with Crippen LogP contribution in [-0.2, 0) is 14.3 Å². The van der Waals surface area contributed by atoms with Crippen molar-refractivity contribution in [2.75, 3.05) is 0 Å². The third kappa shape index (κ3) is 1.96. The molecule has 0 atom stereocenters. The standard InChI is InChI=1S/C8H12O4/c1-2-7(9)12-6-3-5(4-6)8(10)11/h5-6H,2-4H2,1H3,(H,10,11). The molecule has 0 radical (unpaired) electrons. The van der Waals surface area contributed by atoms with Crippen LogP contribution in [0.3, 0.4) is 0 Å². The van der Waals surface area contributed by atoms with Crippen molar-refractivity contribution in [3.05, 3.63) is 0 Å². The summed E-state index contributed by atoms with van der Waals surface area (Å²) in [5.41, 5.74) is 0. The lowest BCUT2D eigenvalue weighted by molar-refractivity contribution is -0.163. The Morgan fingerprint density at radius 3 is 2.50 bits per heavy atom. The molecule has 0 aromatic carbocycles. The molecule has 0 amide bonds. The van der Waals surface area contributed by atoms with Gasteiger partial charge in [0.2, 0.25) is 0 Å². The highest BCUT2D eigenvalue weighted by atomic mass is 16.5. The van der Waals surface area contributed by atoms with E-state index in [1.165, 1.54) is 0 Å². The number of hydrogen-bond donors (Lipinski definition) is 1. The highest BCUT2D eigenvalue weighted by molar-refractivity contribution is 5.72. The van der Waals surface area contributed by atoms with Crippen LogP contribution in [0.25, 0.3) is 0 Å². The number of hydrogen-bond acceptors (Lipinski definition) is 3. The molecule has 0 aromatic heterocycles. The Balaban J connectivity index is 2.17. The first kappa shape index (κ1) is 9.03. The average molecular weight is 172 g/mol. The SMILES string of the molecule is CCC(=O)OC1CC(C(=O)O)C1. The van der Waals surface area contributed by atoms with Gasteiger partial charge in [-0.1, -0.05) is 6.92 Å². The number of carbonyl (C=O) groups is 2. The van der Waals surface area contributed by atoms with Crippen LogP contribution in [0.2, 0.25) is 0 Å². The molecular weight excluding hydrogens is 160 g/mol. The fourth-order valence-corrected chi connectivity index (χ4v) is 1.13. The molecule has 4 heteroatoms. The van der Waals surface area contributed by atoms with Gasteiger partial charge in [-0.3, -0.25) is 9.59 Å². The van der Waals surface area contributed by atoms with E-state index in [1.54, 1.807) is 6.92 Å². The van der Waals surface area contributed by atoms with Crippen LogP contribution in [0.4, 0.5) is 0 Å². The molecule has 1 fully saturated rings. The number of rotatable bonds is 3. The van der Waals surface area contributed by atoms with E-state index in [9.17, 15) is 9.59 Å². The second-order valence-electron chi connectivity index (χ2n) is 2.97. The van der Waals surface area contributed by atoms with Gasteiger partial charge in [0.25, 0.3) is 0 Å². The minimum absolute atomic E-state index is 0.154. The van der Waals surface area contributed by atoms with Crippen LogP contribution >= 0.6 is 0 Å². The molecule has 1 N–H and O–H groups in total. The van der Waals surface area contributed by atoms with E-state index in [0.29, 0.717) is 19.3 Å². The average Bonchev–Trinajstić information content (AvgIpc) is 1.94. The maximum atomic E-state index is 10.7. The normalized spacial score (nSPS) is 27.4. The third-order valence-corrected chi connectivity index (χ3v) is 2.03. The summed E-state index contributed by atoms with van der Waals surface area (Å²) >= 11 is 0. The van der Waals surface area contributed by atoms with Crippen molar-refractivity contribution in [2.45, 2.75) is 32.3 Å². The van der Waals surface area contributed by atoms with E-state index >= 15 is 0 Å². The lowest BCUT2D eigenvalue weighted by Crippen LogP contribution is -2.37. The first-order chi connectivity index (χ1) is 5.63. The predicted octanol–water partition coefficient (Wildman–Crippen LogP) is 0.803. The molecule has 0 unspecified atom stereocenters. The number of ether oxygens (including phenoxy) is 1. The lowest BCUT2D eigenvalue weighted by Gasteiger charge is -2.31. The smallest absolute Gasteiger partial charge is 0.306 e. The Bertz CT molecular complexity index is 193. The maximum absolute atomic E-state index is 10.7. The first-order valence-electron chi connectivity index (χ1n) is 4.05. The summed E-state index contributed by atoms with van der Waals surface area (Å²) < 4.78 is 4.91. The van der Waals surface area contributed by atoms with Gasteiger partial charge in [-0.15, -0.1) is 0 Å². The lowest BCUT2D eigenvalue weighted by atomic mass is 9.82. The monoisotopic (exact) mass is 172 g/mol. The fourth-order valence-electron chi connectivity index (χ4n) is 1.13. The summed E-state index contributed by atoms with van der Waals surface area (Å²) in [6.45, 7) is 1.72. The molecule has 1 aliphatic rings. The van der Waals surface area contributed by atoms with Crippen molar-refractivity contribution >= 4 is 11.9 Å². The van der Waals surface area contributed by atoms with E-state index in [0.717, 1.165) is 0 Å².